The van der Waals surface area contributed by atoms with Crippen LogP contribution in [0.15, 0.2) is 36.5 Å². The SMILES string of the molecule is CC1CN(CC(=O)N2CC(C)(C)c3ncc(Cc4ccc(F)cc4)cc32)C(C)CN1. The maximum atomic E-state index is 13.3. The predicted molar refractivity (Wildman–Crippen MR) is 117 cm³/mol. The molecule has 0 radical (unpaired) electrons. The number of hydrogen-bond acceptors (Lipinski definition) is 4. The number of benzene rings is 1. The monoisotopic (exact) mass is 410 g/mol. The predicted octanol–water partition coefficient (Wildman–Crippen LogP) is 3.12. The summed E-state index contributed by atoms with van der Waals surface area (Å²) >= 11 is 0. The van der Waals surface area contributed by atoms with E-state index in [1.807, 2.05) is 11.1 Å². The normalized spacial score (nSPS) is 23.4. The van der Waals surface area contributed by atoms with Gasteiger partial charge < -0.3 is 10.2 Å². The Kier molecular flexibility index (Phi) is 5.64. The highest BCUT2D eigenvalue weighted by molar-refractivity contribution is 5.97. The van der Waals surface area contributed by atoms with Crippen molar-refractivity contribution in [3.8, 4) is 0 Å². The number of aromatic nitrogens is 1. The molecule has 2 aliphatic rings. The average Bonchev–Trinajstić information content (AvgIpc) is 2.97. The van der Waals surface area contributed by atoms with Crippen LogP contribution in [-0.2, 0) is 16.6 Å². The third kappa shape index (κ3) is 4.25. The van der Waals surface area contributed by atoms with Gasteiger partial charge in [0.05, 0.1) is 17.9 Å². The molecule has 2 unspecified atom stereocenters. The second-order valence-corrected chi connectivity index (χ2v) is 9.47. The van der Waals surface area contributed by atoms with Crippen LogP contribution in [0.2, 0.25) is 0 Å². The molecule has 3 heterocycles. The average molecular weight is 411 g/mol. The fourth-order valence-corrected chi connectivity index (χ4v) is 4.51. The summed E-state index contributed by atoms with van der Waals surface area (Å²) in [4.78, 5) is 22.2. The first-order valence-corrected chi connectivity index (χ1v) is 10.7. The van der Waals surface area contributed by atoms with Crippen molar-refractivity contribution in [3.63, 3.8) is 0 Å². The van der Waals surface area contributed by atoms with E-state index in [0.717, 1.165) is 35.6 Å². The molecule has 0 saturated carbocycles. The molecule has 1 aromatic heterocycles. The van der Waals surface area contributed by atoms with Crippen LogP contribution < -0.4 is 10.2 Å². The van der Waals surface area contributed by atoms with E-state index in [1.54, 1.807) is 12.1 Å². The van der Waals surface area contributed by atoms with Crippen molar-refractivity contribution >= 4 is 11.6 Å². The van der Waals surface area contributed by atoms with Gasteiger partial charge in [0.2, 0.25) is 5.91 Å². The van der Waals surface area contributed by atoms with Gasteiger partial charge in [-0.3, -0.25) is 14.7 Å². The first-order chi connectivity index (χ1) is 14.2. The lowest BCUT2D eigenvalue weighted by atomic mass is 9.91. The molecule has 6 heteroatoms. The molecule has 1 N–H and O–H groups in total. The Morgan fingerprint density at radius 1 is 1.23 bits per heavy atom. The van der Waals surface area contributed by atoms with E-state index in [0.29, 0.717) is 31.6 Å². The molecular weight excluding hydrogens is 379 g/mol. The van der Waals surface area contributed by atoms with Gasteiger partial charge in [-0.25, -0.2) is 4.39 Å². The van der Waals surface area contributed by atoms with Crippen LogP contribution >= 0.6 is 0 Å². The number of anilines is 1. The summed E-state index contributed by atoms with van der Waals surface area (Å²) in [5, 5.41) is 3.47. The number of nitrogens with zero attached hydrogens (tertiary/aromatic N) is 3. The molecule has 160 valence electrons. The molecule has 1 aromatic carbocycles. The summed E-state index contributed by atoms with van der Waals surface area (Å²) < 4.78 is 13.2. The minimum Gasteiger partial charge on any atom is -0.311 e. The van der Waals surface area contributed by atoms with Crippen LogP contribution in [0.5, 0.6) is 0 Å². The lowest BCUT2D eigenvalue weighted by Crippen LogP contribution is -2.56. The number of fused-ring (bicyclic) bond motifs is 1. The minimum atomic E-state index is -0.235. The third-order valence-electron chi connectivity index (χ3n) is 6.26. The molecular formula is C24H31FN4O. The molecule has 0 aliphatic carbocycles. The Morgan fingerprint density at radius 3 is 2.70 bits per heavy atom. The first kappa shape index (κ1) is 20.9. The van der Waals surface area contributed by atoms with Crippen molar-refractivity contribution in [1.29, 1.82) is 0 Å². The van der Waals surface area contributed by atoms with E-state index < -0.39 is 0 Å². The van der Waals surface area contributed by atoms with E-state index in [9.17, 15) is 9.18 Å². The fraction of sp³-hybridized carbons (Fsp3) is 0.500. The summed E-state index contributed by atoms with van der Waals surface area (Å²) in [6.45, 7) is 11.4. The van der Waals surface area contributed by atoms with Crippen LogP contribution in [0.4, 0.5) is 10.1 Å². The first-order valence-electron chi connectivity index (χ1n) is 10.7. The van der Waals surface area contributed by atoms with E-state index >= 15 is 0 Å². The van der Waals surface area contributed by atoms with Gasteiger partial charge in [0, 0.05) is 43.3 Å². The van der Waals surface area contributed by atoms with Crippen molar-refractivity contribution in [2.24, 2.45) is 0 Å². The zero-order valence-electron chi connectivity index (χ0n) is 18.3. The number of carbonyl (C=O) groups excluding carboxylic acids is 1. The van der Waals surface area contributed by atoms with Gasteiger partial charge in [0.15, 0.2) is 0 Å². The Labute approximate surface area is 178 Å². The van der Waals surface area contributed by atoms with Gasteiger partial charge in [0.25, 0.3) is 0 Å². The number of rotatable bonds is 4. The number of pyridine rings is 1. The molecule has 2 aromatic rings. The summed E-state index contributed by atoms with van der Waals surface area (Å²) in [5.41, 5.74) is 3.76. The Hall–Kier alpha value is -2.31. The van der Waals surface area contributed by atoms with E-state index in [4.69, 9.17) is 4.98 Å². The zero-order chi connectivity index (χ0) is 21.5. The van der Waals surface area contributed by atoms with Crippen LogP contribution in [0.1, 0.15) is 44.5 Å². The highest BCUT2D eigenvalue weighted by atomic mass is 19.1. The third-order valence-corrected chi connectivity index (χ3v) is 6.26. The minimum absolute atomic E-state index is 0.128. The molecule has 1 saturated heterocycles. The second kappa shape index (κ2) is 8.08. The topological polar surface area (TPSA) is 48.5 Å². The van der Waals surface area contributed by atoms with Crippen LogP contribution in [0.25, 0.3) is 0 Å². The molecule has 1 fully saturated rings. The number of carbonyl (C=O) groups is 1. The van der Waals surface area contributed by atoms with E-state index in [1.165, 1.54) is 12.1 Å². The van der Waals surface area contributed by atoms with Gasteiger partial charge in [-0.05, 0) is 49.6 Å². The molecule has 0 spiro atoms. The van der Waals surface area contributed by atoms with Gasteiger partial charge in [-0.1, -0.05) is 26.0 Å². The van der Waals surface area contributed by atoms with Gasteiger partial charge in [-0.15, -0.1) is 0 Å². The lowest BCUT2D eigenvalue weighted by Gasteiger charge is -2.37. The molecule has 2 atom stereocenters. The van der Waals surface area contributed by atoms with Crippen molar-refractivity contribution in [3.05, 3.63) is 59.2 Å². The number of nitrogens with one attached hydrogen (secondary N) is 1. The summed E-state index contributed by atoms with van der Waals surface area (Å²) in [5.74, 6) is -0.107. The number of amides is 1. The second-order valence-electron chi connectivity index (χ2n) is 9.47. The van der Waals surface area contributed by atoms with Crippen molar-refractivity contribution in [1.82, 2.24) is 15.2 Å². The summed E-state index contributed by atoms with van der Waals surface area (Å²) in [6.07, 6.45) is 2.55. The van der Waals surface area contributed by atoms with Crippen molar-refractivity contribution < 1.29 is 9.18 Å². The molecule has 4 rings (SSSR count). The number of piperazine rings is 1. The largest absolute Gasteiger partial charge is 0.311 e. The standard InChI is InChI=1S/C24H31FN4O/c1-16-13-28(17(2)11-26-16)14-22(30)29-15-24(3,4)23-21(29)10-19(12-27-23)9-18-5-7-20(25)8-6-18/h5-8,10,12,16-17,26H,9,11,13-15H2,1-4H3. The van der Waals surface area contributed by atoms with Crippen LogP contribution in [0, 0.1) is 5.82 Å². The Morgan fingerprint density at radius 2 is 1.97 bits per heavy atom. The van der Waals surface area contributed by atoms with Gasteiger partial charge in [0.1, 0.15) is 5.82 Å². The molecule has 0 bridgehead atoms. The highest BCUT2D eigenvalue weighted by Crippen LogP contribution is 2.39. The van der Waals surface area contributed by atoms with Crippen molar-refractivity contribution in [2.45, 2.75) is 51.6 Å². The Balaban J connectivity index is 1.56. The molecule has 2 aliphatic heterocycles. The maximum Gasteiger partial charge on any atom is 0.241 e. The van der Waals surface area contributed by atoms with Crippen LogP contribution in [-0.4, -0.2) is 54.1 Å². The maximum absolute atomic E-state index is 13.3. The van der Waals surface area contributed by atoms with E-state index in [2.05, 4.69) is 44.0 Å². The molecule has 30 heavy (non-hydrogen) atoms. The van der Waals surface area contributed by atoms with Gasteiger partial charge >= 0.3 is 0 Å². The number of hydrogen-bond donors (Lipinski definition) is 1. The summed E-state index contributed by atoms with van der Waals surface area (Å²) in [6, 6.07) is 9.35. The Bertz CT molecular complexity index is 927. The lowest BCUT2D eigenvalue weighted by molar-refractivity contribution is -0.120. The van der Waals surface area contributed by atoms with Crippen molar-refractivity contribution in [2.75, 3.05) is 31.1 Å². The molecule has 5 nitrogen and oxygen atoms in total. The summed E-state index contributed by atoms with van der Waals surface area (Å²) in [7, 11) is 0. The van der Waals surface area contributed by atoms with E-state index in [-0.39, 0.29) is 17.1 Å². The quantitative estimate of drug-likeness (QED) is 0.842. The smallest absolute Gasteiger partial charge is 0.241 e. The number of halogens is 1. The molecule has 1 amide bonds. The highest BCUT2D eigenvalue weighted by Gasteiger charge is 2.40. The van der Waals surface area contributed by atoms with Crippen LogP contribution in [0.3, 0.4) is 0 Å². The van der Waals surface area contributed by atoms with Gasteiger partial charge in [-0.2, -0.15) is 0 Å². The fourth-order valence-electron chi connectivity index (χ4n) is 4.51. The zero-order valence-corrected chi connectivity index (χ0v) is 18.3.